The highest BCUT2D eigenvalue weighted by Gasteiger charge is 2.24. The van der Waals surface area contributed by atoms with Gasteiger partial charge >= 0.3 is 0 Å². The molecule has 0 bridgehead atoms. The van der Waals surface area contributed by atoms with Crippen LogP contribution in [-0.2, 0) is 0 Å². The number of fused-ring (bicyclic) bond motifs is 2. The Bertz CT molecular complexity index is 551. The van der Waals surface area contributed by atoms with Crippen LogP contribution in [0.5, 0.6) is 0 Å². The normalized spacial score (nSPS) is 13.0. The van der Waals surface area contributed by atoms with Crippen molar-refractivity contribution >= 4 is 47.0 Å². The van der Waals surface area contributed by atoms with Crippen LogP contribution < -0.4 is 0 Å². The van der Waals surface area contributed by atoms with Crippen molar-refractivity contribution in [3.63, 3.8) is 0 Å². The van der Waals surface area contributed by atoms with Crippen LogP contribution >= 0.6 is 47.0 Å². The van der Waals surface area contributed by atoms with Crippen molar-refractivity contribution in [3.05, 3.63) is 12.4 Å². The Balaban J connectivity index is 2.11. The van der Waals surface area contributed by atoms with Gasteiger partial charge in [-0.25, -0.2) is 0 Å². The first kappa shape index (κ1) is 12.6. The molecule has 18 heavy (non-hydrogen) atoms. The van der Waals surface area contributed by atoms with Gasteiger partial charge in [-0.1, -0.05) is 23.5 Å². The van der Waals surface area contributed by atoms with Crippen molar-refractivity contribution in [2.75, 3.05) is 12.5 Å². The Hall–Kier alpha value is -0.440. The second kappa shape index (κ2) is 5.28. The maximum atomic E-state index is 4.16. The van der Waals surface area contributed by atoms with E-state index in [2.05, 4.69) is 20.4 Å². The summed E-state index contributed by atoms with van der Waals surface area (Å²) in [5.74, 6) is 0. The molecule has 0 aromatic carbocycles. The van der Waals surface area contributed by atoms with Gasteiger partial charge in [-0.2, -0.15) is 10.2 Å². The zero-order chi connectivity index (χ0) is 12.5. The van der Waals surface area contributed by atoms with Gasteiger partial charge in [0.2, 0.25) is 0 Å². The second-order valence-corrected chi connectivity index (χ2v) is 6.99. The van der Waals surface area contributed by atoms with Gasteiger partial charge < -0.3 is 0 Å². The molecule has 2 aromatic heterocycles. The topological polar surface area (TPSA) is 51.6 Å². The van der Waals surface area contributed by atoms with Crippen LogP contribution in [0.3, 0.4) is 0 Å². The van der Waals surface area contributed by atoms with Gasteiger partial charge in [0.1, 0.15) is 10.1 Å². The van der Waals surface area contributed by atoms with Gasteiger partial charge in [0.25, 0.3) is 0 Å². The van der Waals surface area contributed by atoms with E-state index in [1.54, 1.807) is 47.0 Å². The highest BCUT2D eigenvalue weighted by molar-refractivity contribution is 8.06. The molecule has 0 unspecified atom stereocenters. The minimum atomic E-state index is 0.971. The minimum absolute atomic E-state index is 0.971. The van der Waals surface area contributed by atoms with Gasteiger partial charge in [-0.15, -0.1) is 33.7 Å². The fourth-order valence-electron chi connectivity index (χ4n) is 1.51. The summed E-state index contributed by atoms with van der Waals surface area (Å²) in [6.45, 7) is 0. The largest absolute Gasteiger partial charge is 0.157 e. The molecular formula is C10H8N4S4. The van der Waals surface area contributed by atoms with E-state index in [1.807, 2.05) is 24.9 Å². The molecule has 2 aromatic rings. The lowest BCUT2D eigenvalue weighted by atomic mass is 10.5. The zero-order valence-electron chi connectivity index (χ0n) is 9.58. The highest BCUT2D eigenvalue weighted by atomic mass is 32.2. The highest BCUT2D eigenvalue weighted by Crippen LogP contribution is 2.51. The fraction of sp³-hybridized carbons (Fsp3) is 0.200. The molecule has 0 amide bonds. The molecule has 8 heteroatoms. The molecule has 3 heterocycles. The Morgan fingerprint density at radius 1 is 0.833 bits per heavy atom. The van der Waals surface area contributed by atoms with Crippen molar-refractivity contribution in [3.8, 4) is 0 Å². The summed E-state index contributed by atoms with van der Waals surface area (Å²) >= 11 is 6.64. The predicted molar refractivity (Wildman–Crippen MR) is 75.9 cm³/mol. The predicted octanol–water partition coefficient (Wildman–Crippen LogP) is 3.33. The smallest absolute Gasteiger partial charge is 0.134 e. The Kier molecular flexibility index (Phi) is 3.69. The minimum Gasteiger partial charge on any atom is -0.157 e. The maximum Gasteiger partial charge on any atom is 0.134 e. The van der Waals surface area contributed by atoms with Crippen molar-refractivity contribution in [2.45, 2.75) is 29.6 Å². The van der Waals surface area contributed by atoms with E-state index in [0.29, 0.717) is 0 Å². The lowest BCUT2D eigenvalue weighted by Crippen LogP contribution is -1.99. The van der Waals surface area contributed by atoms with E-state index in [9.17, 15) is 0 Å². The molecule has 0 radical (unpaired) electrons. The molecule has 1 aliphatic heterocycles. The number of rotatable bonds is 2. The van der Waals surface area contributed by atoms with Crippen molar-refractivity contribution in [1.82, 2.24) is 20.4 Å². The summed E-state index contributed by atoms with van der Waals surface area (Å²) in [6.07, 6.45) is 7.67. The van der Waals surface area contributed by atoms with Crippen LogP contribution in [0.1, 0.15) is 0 Å². The standard InChI is InChI=1S/C10H8N4S4/c1-15-9-7-5(3-11-13-9)18-8-6(17-7)4-12-14-10(8)16-2/h3-4H,1-2H3. The molecule has 0 spiro atoms. The third-order valence-corrected chi connectivity index (χ3v) is 6.45. The maximum absolute atomic E-state index is 4.16. The molecule has 3 rings (SSSR count). The molecule has 0 saturated carbocycles. The molecule has 1 aliphatic rings. The average Bonchev–Trinajstić information content (AvgIpc) is 2.43. The molecule has 4 nitrogen and oxygen atoms in total. The summed E-state index contributed by atoms with van der Waals surface area (Å²) in [7, 11) is 0. The molecule has 0 fully saturated rings. The van der Waals surface area contributed by atoms with Crippen LogP contribution in [-0.4, -0.2) is 32.9 Å². The van der Waals surface area contributed by atoms with E-state index in [1.165, 1.54) is 9.79 Å². The van der Waals surface area contributed by atoms with Gasteiger partial charge in [0, 0.05) is 9.79 Å². The Morgan fingerprint density at radius 3 is 1.67 bits per heavy atom. The summed E-state index contributed by atoms with van der Waals surface area (Å²) in [4.78, 5) is 4.65. The quantitative estimate of drug-likeness (QED) is 0.668. The number of nitrogens with zero attached hydrogens (tertiary/aromatic N) is 4. The zero-order valence-corrected chi connectivity index (χ0v) is 12.8. The summed E-state index contributed by atoms with van der Waals surface area (Å²) < 4.78 is 0. The van der Waals surface area contributed by atoms with Crippen molar-refractivity contribution in [1.29, 1.82) is 0 Å². The average molecular weight is 312 g/mol. The van der Waals surface area contributed by atoms with Crippen LogP contribution in [0.25, 0.3) is 0 Å². The third-order valence-electron chi connectivity index (χ3n) is 2.29. The number of hydrogen-bond donors (Lipinski definition) is 0. The second-order valence-electron chi connectivity index (χ2n) is 3.30. The molecule has 0 saturated heterocycles. The van der Waals surface area contributed by atoms with Gasteiger partial charge in [-0.3, -0.25) is 0 Å². The van der Waals surface area contributed by atoms with Gasteiger partial charge in [-0.05, 0) is 12.5 Å². The summed E-state index contributed by atoms with van der Waals surface area (Å²) in [5.41, 5.74) is 0. The molecule has 0 N–H and O–H groups in total. The van der Waals surface area contributed by atoms with E-state index in [4.69, 9.17) is 0 Å². The van der Waals surface area contributed by atoms with Gasteiger partial charge in [0.05, 0.1) is 22.2 Å². The van der Waals surface area contributed by atoms with Crippen molar-refractivity contribution < 1.29 is 0 Å². The molecule has 0 atom stereocenters. The molecule has 0 aliphatic carbocycles. The van der Waals surface area contributed by atoms with E-state index >= 15 is 0 Å². The first-order chi connectivity index (χ1) is 8.83. The lowest BCUT2D eigenvalue weighted by molar-refractivity contribution is 0.803. The fourth-order valence-corrected chi connectivity index (χ4v) is 5.32. The first-order valence-electron chi connectivity index (χ1n) is 4.98. The van der Waals surface area contributed by atoms with Gasteiger partial charge in [0.15, 0.2) is 0 Å². The van der Waals surface area contributed by atoms with Crippen molar-refractivity contribution in [2.24, 2.45) is 0 Å². The van der Waals surface area contributed by atoms with Crippen LogP contribution in [0.2, 0.25) is 0 Å². The Labute approximate surface area is 122 Å². The number of thioether (sulfide) groups is 2. The lowest BCUT2D eigenvalue weighted by Gasteiger charge is -2.19. The summed E-state index contributed by atoms with van der Waals surface area (Å²) in [6, 6.07) is 0. The first-order valence-corrected chi connectivity index (χ1v) is 9.06. The monoisotopic (exact) mass is 312 g/mol. The van der Waals surface area contributed by atoms with Crippen LogP contribution in [0.15, 0.2) is 42.0 Å². The number of hydrogen-bond acceptors (Lipinski definition) is 8. The van der Waals surface area contributed by atoms with E-state index in [0.717, 1.165) is 19.8 Å². The Morgan fingerprint density at radius 2 is 1.28 bits per heavy atom. The van der Waals surface area contributed by atoms with Crippen LogP contribution in [0, 0.1) is 0 Å². The molecular weight excluding hydrogens is 304 g/mol. The van der Waals surface area contributed by atoms with Crippen LogP contribution in [0.4, 0.5) is 0 Å². The van der Waals surface area contributed by atoms with E-state index < -0.39 is 0 Å². The van der Waals surface area contributed by atoms with E-state index in [-0.39, 0.29) is 0 Å². The summed E-state index contributed by atoms with van der Waals surface area (Å²) in [5, 5.41) is 18.4. The SMILES string of the molecule is CSc1nncc2c1Sc1cnnc(SC)c1S2. The third kappa shape index (κ3) is 2.11. The number of aromatic nitrogens is 4. The molecule has 92 valence electrons.